The minimum absolute atomic E-state index is 0.130. The van der Waals surface area contributed by atoms with E-state index in [1.54, 1.807) is 0 Å². The molecule has 1 aliphatic carbocycles. The van der Waals surface area contributed by atoms with E-state index in [1.165, 1.54) is 32.1 Å². The normalized spacial score (nSPS) is 38.9. The molecule has 0 radical (unpaired) electrons. The minimum Gasteiger partial charge on any atom is -0.374 e. The van der Waals surface area contributed by atoms with E-state index in [1.807, 2.05) is 6.92 Å². The summed E-state index contributed by atoms with van der Waals surface area (Å²) in [5.74, 6) is 2.34. The van der Waals surface area contributed by atoms with Crippen LogP contribution in [0.4, 0.5) is 0 Å². The van der Waals surface area contributed by atoms with E-state index >= 15 is 0 Å². The van der Waals surface area contributed by atoms with Gasteiger partial charge in [-0.1, -0.05) is 12.8 Å². The zero-order valence-corrected chi connectivity index (χ0v) is 16.5. The Morgan fingerprint density at radius 1 is 1.18 bits per heavy atom. The molecule has 5 heteroatoms. The van der Waals surface area contributed by atoms with Crippen LogP contribution in [-0.2, 0) is 13.3 Å². The third kappa shape index (κ3) is 5.20. The summed E-state index contributed by atoms with van der Waals surface area (Å²) >= 11 is 5.98. The molecular weight excluding hydrogens is 316 g/mol. The summed E-state index contributed by atoms with van der Waals surface area (Å²) in [7, 11) is -2.52. The van der Waals surface area contributed by atoms with Gasteiger partial charge in [0.15, 0.2) is 0 Å². The van der Waals surface area contributed by atoms with Crippen molar-refractivity contribution in [3.63, 3.8) is 0 Å². The van der Waals surface area contributed by atoms with Gasteiger partial charge in [0, 0.05) is 24.6 Å². The Balaban J connectivity index is 1.91. The van der Waals surface area contributed by atoms with Crippen molar-refractivity contribution < 1.29 is 13.3 Å². The lowest BCUT2D eigenvalue weighted by Crippen LogP contribution is -2.58. The third-order valence-corrected chi connectivity index (χ3v) is 8.69. The fourth-order valence-corrected chi connectivity index (χ4v) is 7.72. The highest BCUT2D eigenvalue weighted by molar-refractivity contribution is 6.61. The van der Waals surface area contributed by atoms with Crippen LogP contribution in [-0.4, -0.2) is 33.0 Å². The lowest BCUT2D eigenvalue weighted by Gasteiger charge is -2.45. The molecule has 0 bridgehead atoms. The van der Waals surface area contributed by atoms with Gasteiger partial charge >= 0.3 is 8.80 Å². The van der Waals surface area contributed by atoms with Crippen LogP contribution >= 0.6 is 11.6 Å². The number of rotatable bonds is 6. The molecule has 1 heterocycles. The van der Waals surface area contributed by atoms with Gasteiger partial charge in [-0.25, -0.2) is 0 Å². The Hall–Kier alpha value is 0.387. The van der Waals surface area contributed by atoms with Crippen molar-refractivity contribution in [3.8, 4) is 0 Å². The van der Waals surface area contributed by atoms with Crippen LogP contribution in [0.3, 0.4) is 0 Å². The largest absolute Gasteiger partial charge is 0.501 e. The van der Waals surface area contributed by atoms with Gasteiger partial charge in [-0.15, -0.1) is 11.6 Å². The highest BCUT2D eigenvalue weighted by Gasteiger charge is 2.51. The molecule has 3 nitrogen and oxygen atoms in total. The monoisotopic (exact) mass is 348 g/mol. The summed E-state index contributed by atoms with van der Waals surface area (Å²) in [6, 6.07) is 0.963. The average molecular weight is 349 g/mol. The van der Waals surface area contributed by atoms with E-state index in [-0.39, 0.29) is 11.7 Å². The smallest absolute Gasteiger partial charge is 0.374 e. The predicted octanol–water partition coefficient (Wildman–Crippen LogP) is 5.00. The molecule has 2 fully saturated rings. The van der Waals surface area contributed by atoms with Crippen molar-refractivity contribution in [3.05, 3.63) is 0 Å². The maximum absolute atomic E-state index is 6.38. The number of hydrogen-bond acceptors (Lipinski definition) is 3. The van der Waals surface area contributed by atoms with Crippen LogP contribution in [0.25, 0.3) is 0 Å². The zero-order chi connectivity index (χ0) is 16.2. The Morgan fingerprint density at radius 2 is 1.82 bits per heavy atom. The first kappa shape index (κ1) is 18.7. The van der Waals surface area contributed by atoms with Crippen molar-refractivity contribution in [2.24, 2.45) is 11.8 Å². The van der Waals surface area contributed by atoms with Gasteiger partial charge < -0.3 is 13.3 Å². The average Bonchev–Trinajstić information content (AvgIpc) is 2.44. The second-order valence-corrected chi connectivity index (χ2v) is 10.6. The second-order valence-electron chi connectivity index (χ2n) is 7.69. The fourth-order valence-electron chi connectivity index (χ4n) is 4.05. The van der Waals surface area contributed by atoms with Crippen LogP contribution < -0.4 is 0 Å². The van der Waals surface area contributed by atoms with Gasteiger partial charge in [0.1, 0.15) is 0 Å². The molecule has 130 valence electrons. The molecule has 2 atom stereocenters. The lowest BCUT2D eigenvalue weighted by molar-refractivity contribution is -0.0903. The van der Waals surface area contributed by atoms with E-state index < -0.39 is 8.80 Å². The van der Waals surface area contributed by atoms with Crippen LogP contribution in [0.15, 0.2) is 0 Å². The minimum atomic E-state index is -2.52. The van der Waals surface area contributed by atoms with Crippen LogP contribution in [0, 0.1) is 11.8 Å². The molecule has 2 rings (SSSR count). The van der Waals surface area contributed by atoms with Crippen molar-refractivity contribution in [2.75, 3.05) is 12.5 Å². The van der Waals surface area contributed by atoms with Gasteiger partial charge in [0.2, 0.25) is 0 Å². The van der Waals surface area contributed by atoms with Gasteiger partial charge in [-0.2, -0.15) is 0 Å². The second kappa shape index (κ2) is 7.97. The van der Waals surface area contributed by atoms with Crippen LogP contribution in [0.1, 0.15) is 66.2 Å². The predicted molar refractivity (Wildman–Crippen MR) is 93.3 cm³/mol. The van der Waals surface area contributed by atoms with Crippen molar-refractivity contribution in [2.45, 2.75) is 84.0 Å². The molecule has 0 aromatic carbocycles. The number of alkyl halides is 1. The van der Waals surface area contributed by atoms with Gasteiger partial charge in [0.25, 0.3) is 0 Å². The Labute approximate surface area is 142 Å². The maximum Gasteiger partial charge on any atom is 0.501 e. The summed E-state index contributed by atoms with van der Waals surface area (Å²) in [5.41, 5.74) is -0.130. The number of hydrogen-bond donors (Lipinski definition) is 0. The highest BCUT2D eigenvalue weighted by Crippen LogP contribution is 2.38. The molecule has 1 saturated heterocycles. The molecule has 2 unspecified atom stereocenters. The Bertz CT molecular complexity index is 345. The molecular formula is C17H33ClO3Si. The lowest BCUT2D eigenvalue weighted by atomic mass is 9.82. The van der Waals surface area contributed by atoms with Crippen molar-refractivity contribution in [1.29, 1.82) is 0 Å². The van der Waals surface area contributed by atoms with Gasteiger partial charge in [0.05, 0.1) is 5.60 Å². The molecule has 0 N–H and O–H groups in total. The van der Waals surface area contributed by atoms with E-state index in [4.69, 9.17) is 24.9 Å². The van der Waals surface area contributed by atoms with E-state index in [0.29, 0.717) is 6.61 Å². The van der Waals surface area contributed by atoms with E-state index in [9.17, 15) is 0 Å². The summed E-state index contributed by atoms with van der Waals surface area (Å²) < 4.78 is 18.7. The molecule has 0 aromatic heterocycles. The topological polar surface area (TPSA) is 27.7 Å². The molecule has 1 aliphatic heterocycles. The summed E-state index contributed by atoms with van der Waals surface area (Å²) in [5, 5.41) is 0. The Kier molecular flexibility index (Phi) is 6.79. The standard InChI is InChI=1S/C17H33ClO3Si/c1-5-19-22(20-14(2)12-17(3,4)21-22)11-10-15-6-8-16(13-18)9-7-15/h14-16H,5-13H2,1-4H3. The molecule has 0 spiro atoms. The number of halogens is 1. The zero-order valence-electron chi connectivity index (χ0n) is 14.7. The maximum atomic E-state index is 6.38. The third-order valence-electron chi connectivity index (χ3n) is 5.00. The van der Waals surface area contributed by atoms with Crippen LogP contribution in [0.5, 0.6) is 0 Å². The first-order valence-electron chi connectivity index (χ1n) is 8.96. The van der Waals surface area contributed by atoms with Gasteiger partial charge in [-0.3, -0.25) is 0 Å². The molecule has 0 aromatic rings. The summed E-state index contributed by atoms with van der Waals surface area (Å²) in [6.45, 7) is 9.20. The first-order valence-corrected chi connectivity index (χ1v) is 11.4. The Morgan fingerprint density at radius 3 is 2.36 bits per heavy atom. The van der Waals surface area contributed by atoms with E-state index in [2.05, 4.69) is 20.8 Å². The first-order chi connectivity index (χ1) is 10.4. The van der Waals surface area contributed by atoms with Crippen molar-refractivity contribution in [1.82, 2.24) is 0 Å². The molecule has 22 heavy (non-hydrogen) atoms. The molecule has 0 amide bonds. The molecule has 1 saturated carbocycles. The summed E-state index contributed by atoms with van der Waals surface area (Å²) in [6.07, 6.45) is 7.50. The SMILES string of the molecule is CCO[Si]1(CCC2CCC(CCl)CC2)OC(C)CC(C)(C)O1. The fraction of sp³-hybridized carbons (Fsp3) is 1.00. The van der Waals surface area contributed by atoms with Gasteiger partial charge in [-0.05, 0) is 65.2 Å². The highest BCUT2D eigenvalue weighted by atomic mass is 35.5. The van der Waals surface area contributed by atoms with Crippen LogP contribution in [0.2, 0.25) is 6.04 Å². The molecule has 2 aliphatic rings. The van der Waals surface area contributed by atoms with Crippen molar-refractivity contribution >= 4 is 20.4 Å². The summed E-state index contributed by atoms with van der Waals surface area (Å²) in [4.78, 5) is 0. The quantitative estimate of drug-likeness (QED) is 0.499. The van der Waals surface area contributed by atoms with E-state index in [0.717, 1.165) is 30.2 Å².